The number of hydrogen-bond acceptors (Lipinski definition) is 5. The van der Waals surface area contributed by atoms with Gasteiger partial charge >= 0.3 is 6.18 Å². The second-order valence-electron chi connectivity index (χ2n) is 6.42. The molecule has 1 aliphatic heterocycles. The van der Waals surface area contributed by atoms with Gasteiger partial charge in [0.05, 0.1) is 30.8 Å². The average Bonchev–Trinajstić information content (AvgIpc) is 3.18. The number of methoxy groups -OCH3 is 2. The van der Waals surface area contributed by atoms with Gasteiger partial charge < -0.3 is 14.8 Å². The number of hydrazine groups is 1. The third kappa shape index (κ3) is 4.75. The quantitative estimate of drug-likeness (QED) is 0.672. The lowest BCUT2D eigenvalue weighted by atomic mass is 10.0. The van der Waals surface area contributed by atoms with Crippen molar-refractivity contribution in [2.24, 2.45) is 0 Å². The monoisotopic (exact) mass is 429 g/mol. The molecule has 0 saturated carbocycles. The van der Waals surface area contributed by atoms with Gasteiger partial charge in [-0.05, 0) is 30.7 Å². The Kier molecular flexibility index (Phi) is 6.21. The lowest BCUT2D eigenvalue weighted by Crippen LogP contribution is -2.39. The Hall–Kier alpha value is -2.49. The van der Waals surface area contributed by atoms with Gasteiger partial charge in [0.25, 0.3) is 0 Å². The van der Waals surface area contributed by atoms with Crippen LogP contribution in [0.4, 0.5) is 18.9 Å². The summed E-state index contributed by atoms with van der Waals surface area (Å²) in [6, 6.07) is 7.68. The van der Waals surface area contributed by atoms with E-state index < -0.39 is 28.7 Å². The van der Waals surface area contributed by atoms with Crippen LogP contribution < -0.4 is 25.6 Å². The van der Waals surface area contributed by atoms with Crippen LogP contribution in [0, 0.1) is 0 Å². The van der Waals surface area contributed by atoms with Crippen LogP contribution in [-0.4, -0.2) is 26.2 Å². The van der Waals surface area contributed by atoms with Crippen molar-refractivity contribution in [3.05, 3.63) is 52.5 Å². The van der Waals surface area contributed by atoms with Crippen molar-refractivity contribution in [1.29, 1.82) is 0 Å². The van der Waals surface area contributed by atoms with E-state index >= 15 is 0 Å². The maximum atomic E-state index is 13.0. The van der Waals surface area contributed by atoms with Crippen molar-refractivity contribution >= 4 is 23.2 Å². The Balaban J connectivity index is 1.70. The summed E-state index contributed by atoms with van der Waals surface area (Å²) in [5.74, 6) is 0.759. The molecule has 0 radical (unpaired) electrons. The summed E-state index contributed by atoms with van der Waals surface area (Å²) < 4.78 is 49.5. The molecule has 10 heteroatoms. The summed E-state index contributed by atoms with van der Waals surface area (Å²) in [5.41, 5.74) is 5.71. The first-order valence-electron chi connectivity index (χ1n) is 8.63. The Morgan fingerprint density at radius 1 is 1.14 bits per heavy atom. The highest BCUT2D eigenvalue weighted by atomic mass is 35.5. The molecule has 0 aromatic heterocycles. The van der Waals surface area contributed by atoms with E-state index in [0.29, 0.717) is 17.9 Å². The van der Waals surface area contributed by atoms with Crippen LogP contribution in [0.2, 0.25) is 5.02 Å². The van der Waals surface area contributed by atoms with Crippen molar-refractivity contribution in [1.82, 2.24) is 10.9 Å². The minimum Gasteiger partial charge on any atom is -0.497 e. The molecule has 1 saturated heterocycles. The fourth-order valence-corrected chi connectivity index (χ4v) is 3.31. The van der Waals surface area contributed by atoms with Gasteiger partial charge in [0.15, 0.2) is 0 Å². The number of halogens is 4. The molecule has 2 unspecified atom stereocenters. The van der Waals surface area contributed by atoms with Gasteiger partial charge in [-0.2, -0.15) is 13.2 Å². The van der Waals surface area contributed by atoms with Crippen LogP contribution in [0.5, 0.6) is 11.5 Å². The van der Waals surface area contributed by atoms with Crippen molar-refractivity contribution in [3.8, 4) is 11.5 Å². The molecule has 1 heterocycles. The third-order valence-electron chi connectivity index (χ3n) is 4.58. The first-order valence-corrected chi connectivity index (χ1v) is 9.01. The minimum atomic E-state index is -4.61. The normalized spacial score (nSPS) is 19.1. The fraction of sp³-hybridized carbons (Fsp3) is 0.316. The van der Waals surface area contributed by atoms with Gasteiger partial charge in [-0.3, -0.25) is 4.79 Å². The van der Waals surface area contributed by atoms with Gasteiger partial charge in [0.2, 0.25) is 5.91 Å². The molecule has 1 amide bonds. The van der Waals surface area contributed by atoms with Crippen LogP contribution in [-0.2, 0) is 11.0 Å². The smallest absolute Gasteiger partial charge is 0.417 e. The van der Waals surface area contributed by atoms with E-state index in [1.807, 2.05) is 6.07 Å². The predicted octanol–water partition coefficient (Wildman–Crippen LogP) is 3.92. The van der Waals surface area contributed by atoms with Crippen molar-refractivity contribution in [2.75, 3.05) is 19.5 Å². The maximum Gasteiger partial charge on any atom is 0.417 e. The zero-order valence-corrected chi connectivity index (χ0v) is 16.3. The number of carbonyl (C=O) groups excluding carboxylic acids is 1. The zero-order valence-electron chi connectivity index (χ0n) is 15.6. The molecule has 2 atom stereocenters. The number of carbonyl (C=O) groups is 1. The number of rotatable bonds is 5. The van der Waals surface area contributed by atoms with Gasteiger partial charge in [-0.25, -0.2) is 10.9 Å². The molecule has 29 heavy (non-hydrogen) atoms. The van der Waals surface area contributed by atoms with Crippen LogP contribution in [0.1, 0.15) is 23.6 Å². The predicted molar refractivity (Wildman–Crippen MR) is 102 cm³/mol. The Morgan fingerprint density at radius 3 is 2.55 bits per heavy atom. The molecular formula is C19H19ClF3N3O3. The number of amides is 1. The Morgan fingerprint density at radius 2 is 1.90 bits per heavy atom. The molecule has 0 aliphatic carbocycles. The van der Waals surface area contributed by atoms with Crippen molar-refractivity contribution in [3.63, 3.8) is 0 Å². The fourth-order valence-electron chi connectivity index (χ4n) is 3.09. The molecule has 1 fully saturated rings. The highest BCUT2D eigenvalue weighted by Crippen LogP contribution is 2.37. The van der Waals surface area contributed by atoms with Gasteiger partial charge in [-0.1, -0.05) is 17.7 Å². The molecule has 1 aliphatic rings. The summed E-state index contributed by atoms with van der Waals surface area (Å²) in [4.78, 5) is 12.5. The Bertz CT molecular complexity index is 908. The highest BCUT2D eigenvalue weighted by molar-refractivity contribution is 6.31. The maximum absolute atomic E-state index is 13.0. The third-order valence-corrected chi connectivity index (χ3v) is 4.90. The number of alkyl halides is 3. The van der Waals surface area contributed by atoms with Crippen LogP contribution in [0.15, 0.2) is 36.4 Å². The minimum absolute atomic E-state index is 0.0130. The van der Waals surface area contributed by atoms with E-state index in [1.165, 1.54) is 13.2 Å². The molecule has 2 aromatic rings. The SMILES string of the molecule is COc1ccc(C2CC(C(=O)Nc3ccc(Cl)c(C(F)(F)F)c3)NN2)c(OC)c1. The van der Waals surface area contributed by atoms with Gasteiger partial charge in [0.1, 0.15) is 17.5 Å². The largest absolute Gasteiger partial charge is 0.497 e. The summed E-state index contributed by atoms with van der Waals surface area (Å²) in [5, 5.41) is 2.06. The second kappa shape index (κ2) is 8.48. The number of hydrogen-bond donors (Lipinski definition) is 3. The standard InChI is InChI=1S/C19H19ClF3N3O3/c1-28-11-4-5-12(17(8-11)29-2)15-9-16(26-25-15)18(27)24-10-3-6-14(20)13(7-10)19(21,22)23/h3-8,15-16,25-26H,9H2,1-2H3,(H,24,27). The summed E-state index contributed by atoms with van der Waals surface area (Å²) in [6.07, 6.45) is -4.24. The number of ether oxygens (including phenoxy) is 2. The molecule has 3 rings (SSSR count). The van der Waals surface area contributed by atoms with Gasteiger partial charge in [0, 0.05) is 17.3 Å². The van der Waals surface area contributed by atoms with Crippen molar-refractivity contribution in [2.45, 2.75) is 24.7 Å². The van der Waals surface area contributed by atoms with Crippen LogP contribution in [0.3, 0.4) is 0 Å². The van der Waals surface area contributed by atoms with Crippen molar-refractivity contribution < 1.29 is 27.4 Å². The van der Waals surface area contributed by atoms with E-state index in [1.54, 1.807) is 19.2 Å². The van der Waals surface area contributed by atoms with Crippen LogP contribution >= 0.6 is 11.6 Å². The van der Waals surface area contributed by atoms with E-state index in [-0.39, 0.29) is 11.7 Å². The highest BCUT2D eigenvalue weighted by Gasteiger charge is 2.35. The number of nitrogens with one attached hydrogen (secondary N) is 3. The second-order valence-corrected chi connectivity index (χ2v) is 6.83. The molecule has 6 nitrogen and oxygen atoms in total. The first kappa shape index (κ1) is 21.2. The van der Waals surface area contributed by atoms with E-state index in [9.17, 15) is 18.0 Å². The van der Waals surface area contributed by atoms with Gasteiger partial charge in [-0.15, -0.1) is 0 Å². The average molecular weight is 430 g/mol. The zero-order chi connectivity index (χ0) is 21.2. The molecule has 3 N–H and O–H groups in total. The molecule has 156 valence electrons. The topological polar surface area (TPSA) is 71.6 Å². The summed E-state index contributed by atoms with van der Waals surface area (Å²) in [7, 11) is 3.08. The summed E-state index contributed by atoms with van der Waals surface area (Å²) in [6.45, 7) is 0. The molecular weight excluding hydrogens is 411 g/mol. The van der Waals surface area contributed by atoms with E-state index in [0.717, 1.165) is 17.7 Å². The van der Waals surface area contributed by atoms with Crippen LogP contribution in [0.25, 0.3) is 0 Å². The van der Waals surface area contributed by atoms with E-state index in [4.69, 9.17) is 21.1 Å². The molecule has 0 spiro atoms. The number of anilines is 1. The Labute approximate surface area is 170 Å². The lowest BCUT2D eigenvalue weighted by molar-refractivity contribution is -0.137. The number of benzene rings is 2. The lowest BCUT2D eigenvalue weighted by Gasteiger charge is -2.15. The van der Waals surface area contributed by atoms with E-state index in [2.05, 4.69) is 16.2 Å². The first-order chi connectivity index (χ1) is 13.7. The molecule has 0 bridgehead atoms. The summed E-state index contributed by atoms with van der Waals surface area (Å²) >= 11 is 5.61. The molecule has 2 aromatic carbocycles.